The second-order valence-electron chi connectivity index (χ2n) is 6.88. The van der Waals surface area contributed by atoms with Gasteiger partial charge in [0.25, 0.3) is 5.91 Å². The first-order chi connectivity index (χ1) is 13.1. The molecule has 7 heteroatoms. The minimum absolute atomic E-state index is 0.125. The Morgan fingerprint density at radius 1 is 1.22 bits per heavy atom. The van der Waals surface area contributed by atoms with Crippen LogP contribution in [-0.4, -0.2) is 32.8 Å². The van der Waals surface area contributed by atoms with Crippen LogP contribution in [0.1, 0.15) is 36.2 Å². The number of aryl methyl sites for hydroxylation is 1. The highest BCUT2D eigenvalue weighted by atomic mass is 35.5. The third kappa shape index (κ3) is 3.76. The summed E-state index contributed by atoms with van der Waals surface area (Å²) in [6, 6.07) is 8.13. The molecule has 27 heavy (non-hydrogen) atoms. The fourth-order valence-corrected chi connectivity index (χ4v) is 3.87. The number of nitrogens with zero attached hydrogens (tertiary/aromatic N) is 3. The van der Waals surface area contributed by atoms with Crippen molar-refractivity contribution in [2.75, 3.05) is 0 Å². The number of halogens is 1. The Balaban J connectivity index is 1.36. The van der Waals surface area contributed by atoms with Crippen LogP contribution in [0.3, 0.4) is 0 Å². The molecule has 0 bridgehead atoms. The quantitative estimate of drug-likeness (QED) is 0.743. The number of hydrogen-bond acceptors (Lipinski definition) is 4. The Hall–Kier alpha value is -2.60. The number of carbonyl (C=O) groups is 1. The molecule has 1 aliphatic rings. The van der Waals surface area contributed by atoms with Crippen LogP contribution in [0.25, 0.3) is 10.8 Å². The first-order valence-electron chi connectivity index (χ1n) is 9.09. The van der Waals surface area contributed by atoms with Crippen LogP contribution >= 0.6 is 11.6 Å². The highest BCUT2D eigenvalue weighted by Gasteiger charge is 2.26. The summed E-state index contributed by atoms with van der Waals surface area (Å²) in [5.74, 6) is 0.718. The normalized spacial score (nSPS) is 19.8. The van der Waals surface area contributed by atoms with Crippen molar-refractivity contribution in [2.45, 2.75) is 37.8 Å². The minimum atomic E-state index is -0.175. The molecule has 1 amide bonds. The number of amides is 1. The molecule has 2 heterocycles. The lowest BCUT2D eigenvalue weighted by Crippen LogP contribution is -2.40. The lowest BCUT2D eigenvalue weighted by Gasteiger charge is -2.29. The molecule has 1 aromatic carbocycles. The number of ether oxygens (including phenoxy) is 1. The maximum absolute atomic E-state index is 12.4. The summed E-state index contributed by atoms with van der Waals surface area (Å²) in [5, 5.41) is 9.61. The van der Waals surface area contributed by atoms with E-state index in [1.165, 1.54) is 10.9 Å². The summed E-state index contributed by atoms with van der Waals surface area (Å²) < 4.78 is 7.76. The lowest BCUT2D eigenvalue weighted by molar-refractivity contribution is 0.0886. The van der Waals surface area contributed by atoms with Crippen molar-refractivity contribution in [3.05, 3.63) is 53.6 Å². The number of fused-ring (bicyclic) bond motifs is 1. The highest BCUT2D eigenvalue weighted by molar-refractivity contribution is 6.33. The SMILES string of the molecule is Cn1ncc(Cl)c1C(=O)NC1CCC(Oc2cccc3cnccc23)CC1. The topological polar surface area (TPSA) is 69.0 Å². The Labute approximate surface area is 162 Å². The third-order valence-electron chi connectivity index (χ3n) is 5.05. The van der Waals surface area contributed by atoms with E-state index in [9.17, 15) is 4.79 Å². The molecule has 0 radical (unpaired) electrons. The summed E-state index contributed by atoms with van der Waals surface area (Å²) in [5.41, 5.74) is 0.402. The molecule has 3 aromatic rings. The summed E-state index contributed by atoms with van der Waals surface area (Å²) in [4.78, 5) is 16.6. The van der Waals surface area contributed by atoms with E-state index in [1.807, 2.05) is 30.5 Å². The van der Waals surface area contributed by atoms with Crippen molar-refractivity contribution in [2.24, 2.45) is 7.05 Å². The van der Waals surface area contributed by atoms with Gasteiger partial charge in [-0.3, -0.25) is 14.5 Å². The zero-order valence-electron chi connectivity index (χ0n) is 15.1. The maximum atomic E-state index is 12.4. The van der Waals surface area contributed by atoms with E-state index in [2.05, 4.69) is 15.4 Å². The van der Waals surface area contributed by atoms with Crippen molar-refractivity contribution < 1.29 is 9.53 Å². The molecule has 1 aliphatic carbocycles. The number of carbonyl (C=O) groups excluding carboxylic acids is 1. The average molecular weight is 385 g/mol. The van der Waals surface area contributed by atoms with Crippen LogP contribution in [0.2, 0.25) is 5.02 Å². The zero-order chi connectivity index (χ0) is 18.8. The lowest BCUT2D eigenvalue weighted by atomic mass is 9.92. The van der Waals surface area contributed by atoms with Crippen molar-refractivity contribution >= 4 is 28.3 Å². The summed E-state index contributed by atoms with van der Waals surface area (Å²) in [6.45, 7) is 0. The molecule has 0 atom stereocenters. The van der Waals surface area contributed by atoms with E-state index in [-0.39, 0.29) is 18.1 Å². The smallest absolute Gasteiger partial charge is 0.271 e. The fraction of sp³-hybridized carbons (Fsp3) is 0.350. The molecule has 6 nitrogen and oxygen atoms in total. The van der Waals surface area contributed by atoms with Gasteiger partial charge in [0.2, 0.25) is 0 Å². The molecule has 1 saturated carbocycles. The van der Waals surface area contributed by atoms with Gasteiger partial charge in [-0.25, -0.2) is 0 Å². The highest BCUT2D eigenvalue weighted by Crippen LogP contribution is 2.29. The maximum Gasteiger partial charge on any atom is 0.271 e. The van der Waals surface area contributed by atoms with Gasteiger partial charge in [-0.2, -0.15) is 5.10 Å². The van der Waals surface area contributed by atoms with Gasteiger partial charge in [-0.05, 0) is 37.8 Å². The average Bonchev–Trinajstić information content (AvgIpc) is 3.02. The van der Waals surface area contributed by atoms with Crippen LogP contribution < -0.4 is 10.1 Å². The number of rotatable bonds is 4. The monoisotopic (exact) mass is 384 g/mol. The van der Waals surface area contributed by atoms with E-state index in [1.54, 1.807) is 13.2 Å². The van der Waals surface area contributed by atoms with Gasteiger partial charge >= 0.3 is 0 Å². The predicted molar refractivity (Wildman–Crippen MR) is 104 cm³/mol. The molecule has 0 saturated heterocycles. The van der Waals surface area contributed by atoms with E-state index in [0.29, 0.717) is 10.7 Å². The van der Waals surface area contributed by atoms with Gasteiger partial charge in [0.1, 0.15) is 11.4 Å². The Kier molecular flexibility index (Phi) is 4.99. The Morgan fingerprint density at radius 2 is 2.04 bits per heavy atom. The molecule has 1 N–H and O–H groups in total. The van der Waals surface area contributed by atoms with Crippen LogP contribution in [0.15, 0.2) is 42.9 Å². The van der Waals surface area contributed by atoms with Crippen LogP contribution in [0, 0.1) is 0 Å². The number of pyridine rings is 1. The van der Waals surface area contributed by atoms with E-state index >= 15 is 0 Å². The first-order valence-corrected chi connectivity index (χ1v) is 9.47. The van der Waals surface area contributed by atoms with Gasteiger partial charge in [-0.15, -0.1) is 0 Å². The third-order valence-corrected chi connectivity index (χ3v) is 5.33. The number of benzene rings is 1. The van der Waals surface area contributed by atoms with Gasteiger partial charge in [0, 0.05) is 36.3 Å². The van der Waals surface area contributed by atoms with Crippen LogP contribution in [0.5, 0.6) is 5.75 Å². The van der Waals surface area contributed by atoms with Gasteiger partial charge in [0.05, 0.1) is 17.3 Å². The molecular weight excluding hydrogens is 364 g/mol. The second kappa shape index (κ2) is 7.56. The Morgan fingerprint density at radius 3 is 2.78 bits per heavy atom. The molecule has 1 fully saturated rings. The molecule has 0 aliphatic heterocycles. The Bertz CT molecular complexity index is 939. The van der Waals surface area contributed by atoms with Crippen LogP contribution in [0.4, 0.5) is 0 Å². The molecule has 0 spiro atoms. The standard InChI is InChI=1S/C20H21ClN4O2/c1-25-19(17(21)12-23-25)20(26)24-14-5-7-15(8-6-14)27-18-4-2-3-13-11-22-10-9-16(13)18/h2-4,9-12,14-15H,5-8H2,1H3,(H,24,26). The second-order valence-corrected chi connectivity index (χ2v) is 7.29. The van der Waals surface area contributed by atoms with Crippen molar-refractivity contribution in [3.8, 4) is 5.75 Å². The zero-order valence-corrected chi connectivity index (χ0v) is 15.8. The van der Waals surface area contributed by atoms with E-state index < -0.39 is 0 Å². The molecule has 140 valence electrons. The minimum Gasteiger partial charge on any atom is -0.490 e. The molecular formula is C20H21ClN4O2. The number of nitrogens with one attached hydrogen (secondary N) is 1. The fourth-order valence-electron chi connectivity index (χ4n) is 3.62. The molecule has 2 aromatic heterocycles. The van der Waals surface area contributed by atoms with Crippen molar-refractivity contribution in [1.82, 2.24) is 20.1 Å². The molecule has 4 rings (SSSR count). The summed E-state index contributed by atoms with van der Waals surface area (Å²) in [6.07, 6.45) is 8.80. The predicted octanol–water partition coefficient (Wildman–Crippen LogP) is 3.74. The summed E-state index contributed by atoms with van der Waals surface area (Å²) >= 11 is 6.05. The van der Waals surface area contributed by atoms with E-state index in [4.69, 9.17) is 16.3 Å². The van der Waals surface area contributed by atoms with Gasteiger partial charge in [0.15, 0.2) is 0 Å². The molecule has 0 unspecified atom stereocenters. The van der Waals surface area contributed by atoms with E-state index in [0.717, 1.165) is 42.2 Å². The number of hydrogen-bond donors (Lipinski definition) is 1. The number of aromatic nitrogens is 3. The van der Waals surface area contributed by atoms with Crippen LogP contribution in [-0.2, 0) is 7.05 Å². The first kappa shape index (κ1) is 17.8. The van der Waals surface area contributed by atoms with Crippen molar-refractivity contribution in [3.63, 3.8) is 0 Å². The largest absolute Gasteiger partial charge is 0.490 e. The van der Waals surface area contributed by atoms with Crippen molar-refractivity contribution in [1.29, 1.82) is 0 Å². The van der Waals surface area contributed by atoms with Gasteiger partial charge < -0.3 is 10.1 Å². The van der Waals surface area contributed by atoms with Gasteiger partial charge in [-0.1, -0.05) is 23.7 Å². The summed E-state index contributed by atoms with van der Waals surface area (Å²) in [7, 11) is 1.71.